The summed E-state index contributed by atoms with van der Waals surface area (Å²) >= 11 is 6.02. The molecule has 0 amide bonds. The van der Waals surface area contributed by atoms with Crippen LogP contribution in [-0.2, 0) is 16.0 Å². The van der Waals surface area contributed by atoms with Crippen molar-refractivity contribution in [3.05, 3.63) is 28.8 Å². The molecule has 0 fully saturated rings. The topological polar surface area (TPSA) is 61.5 Å². The van der Waals surface area contributed by atoms with Crippen molar-refractivity contribution < 1.29 is 14.3 Å². The van der Waals surface area contributed by atoms with E-state index in [0.29, 0.717) is 17.2 Å². The van der Waals surface area contributed by atoms with Gasteiger partial charge < -0.3 is 15.2 Å². The van der Waals surface area contributed by atoms with Crippen LogP contribution in [0.15, 0.2) is 18.2 Å². The van der Waals surface area contributed by atoms with Crippen LogP contribution >= 0.6 is 11.6 Å². The van der Waals surface area contributed by atoms with Crippen LogP contribution in [0.5, 0.6) is 5.75 Å². The van der Waals surface area contributed by atoms with Gasteiger partial charge in [0, 0.05) is 0 Å². The number of rotatable bonds is 4. The van der Waals surface area contributed by atoms with Crippen LogP contribution in [0.25, 0.3) is 0 Å². The Labute approximate surface area is 118 Å². The van der Waals surface area contributed by atoms with Crippen molar-refractivity contribution in [3.63, 3.8) is 0 Å². The number of hydrogen-bond acceptors (Lipinski definition) is 4. The Kier molecular flexibility index (Phi) is 5.20. The van der Waals surface area contributed by atoms with Crippen LogP contribution in [0, 0.1) is 0 Å². The summed E-state index contributed by atoms with van der Waals surface area (Å²) in [6.07, 6.45) is 0.374. The highest BCUT2D eigenvalue weighted by atomic mass is 35.5. The van der Waals surface area contributed by atoms with Gasteiger partial charge in [0.1, 0.15) is 17.4 Å². The van der Waals surface area contributed by atoms with Gasteiger partial charge in [-0.25, -0.2) is 0 Å². The molecule has 1 aromatic carbocycles. The predicted molar refractivity (Wildman–Crippen MR) is 75.5 cm³/mol. The van der Waals surface area contributed by atoms with E-state index in [0.717, 1.165) is 5.56 Å². The molecule has 1 atom stereocenters. The number of carbonyl (C=O) groups is 1. The molecule has 4 nitrogen and oxygen atoms in total. The molecule has 0 spiro atoms. The van der Waals surface area contributed by atoms with Gasteiger partial charge in [-0.15, -0.1) is 0 Å². The van der Waals surface area contributed by atoms with Gasteiger partial charge >= 0.3 is 5.97 Å². The van der Waals surface area contributed by atoms with E-state index >= 15 is 0 Å². The van der Waals surface area contributed by atoms with E-state index in [4.69, 9.17) is 26.8 Å². The summed E-state index contributed by atoms with van der Waals surface area (Å²) in [6, 6.07) is 4.61. The molecule has 1 rings (SSSR count). The van der Waals surface area contributed by atoms with Gasteiger partial charge in [0.15, 0.2) is 0 Å². The Hall–Kier alpha value is -1.26. The standard InChI is InChI=1S/C14H20ClNO3/c1-14(2,3)19-13(17)11(16)8-9-5-6-12(18-4)10(15)7-9/h5-7,11H,8,16H2,1-4H3/t11-/m1/s1. The smallest absolute Gasteiger partial charge is 0.323 e. The molecule has 0 heterocycles. The maximum absolute atomic E-state index is 11.8. The summed E-state index contributed by atoms with van der Waals surface area (Å²) in [6.45, 7) is 5.42. The van der Waals surface area contributed by atoms with Crippen molar-refractivity contribution in [3.8, 4) is 5.75 Å². The van der Waals surface area contributed by atoms with E-state index in [9.17, 15) is 4.79 Å². The minimum atomic E-state index is -0.705. The van der Waals surface area contributed by atoms with Gasteiger partial charge in [-0.1, -0.05) is 17.7 Å². The molecule has 0 aliphatic rings. The first kappa shape index (κ1) is 15.8. The minimum Gasteiger partial charge on any atom is -0.495 e. The highest BCUT2D eigenvalue weighted by molar-refractivity contribution is 6.32. The summed E-state index contributed by atoms with van der Waals surface area (Å²) in [7, 11) is 1.55. The Morgan fingerprint density at radius 3 is 2.53 bits per heavy atom. The fourth-order valence-corrected chi connectivity index (χ4v) is 1.83. The third-order valence-corrected chi connectivity index (χ3v) is 2.68. The number of carbonyl (C=O) groups excluding carboxylic acids is 1. The Morgan fingerprint density at radius 2 is 2.05 bits per heavy atom. The van der Waals surface area contributed by atoms with E-state index in [1.54, 1.807) is 19.2 Å². The van der Waals surface area contributed by atoms with Crippen molar-refractivity contribution in [1.29, 1.82) is 0 Å². The van der Waals surface area contributed by atoms with Crippen molar-refractivity contribution in [2.45, 2.75) is 38.8 Å². The molecular weight excluding hydrogens is 266 g/mol. The highest BCUT2D eigenvalue weighted by Crippen LogP contribution is 2.25. The third kappa shape index (κ3) is 5.09. The number of ether oxygens (including phenoxy) is 2. The molecule has 2 N–H and O–H groups in total. The second-order valence-electron chi connectivity index (χ2n) is 5.31. The monoisotopic (exact) mass is 285 g/mol. The van der Waals surface area contributed by atoms with Crippen molar-refractivity contribution >= 4 is 17.6 Å². The van der Waals surface area contributed by atoms with Crippen molar-refractivity contribution in [2.24, 2.45) is 5.73 Å². The number of nitrogens with two attached hydrogens (primary N) is 1. The van der Waals surface area contributed by atoms with E-state index in [1.807, 2.05) is 26.8 Å². The van der Waals surface area contributed by atoms with Crippen LogP contribution < -0.4 is 10.5 Å². The van der Waals surface area contributed by atoms with Crippen LogP contribution in [0.2, 0.25) is 5.02 Å². The predicted octanol–water partition coefficient (Wildman–Crippen LogP) is 2.56. The maximum Gasteiger partial charge on any atom is 0.323 e. The number of benzene rings is 1. The van der Waals surface area contributed by atoms with E-state index < -0.39 is 17.6 Å². The van der Waals surface area contributed by atoms with E-state index in [-0.39, 0.29) is 0 Å². The number of methoxy groups -OCH3 is 1. The Balaban J connectivity index is 2.69. The first-order valence-corrected chi connectivity index (χ1v) is 6.41. The number of halogens is 1. The minimum absolute atomic E-state index is 0.374. The first-order valence-electron chi connectivity index (χ1n) is 6.04. The molecule has 0 aliphatic carbocycles. The third-order valence-electron chi connectivity index (χ3n) is 2.38. The quantitative estimate of drug-likeness (QED) is 0.864. The molecule has 5 heteroatoms. The fourth-order valence-electron chi connectivity index (χ4n) is 1.55. The largest absolute Gasteiger partial charge is 0.495 e. The average Bonchev–Trinajstić information content (AvgIpc) is 2.27. The van der Waals surface area contributed by atoms with Gasteiger partial charge in [-0.2, -0.15) is 0 Å². The second kappa shape index (κ2) is 6.26. The molecule has 106 valence electrons. The molecule has 0 saturated heterocycles. The molecule has 0 bridgehead atoms. The summed E-state index contributed by atoms with van der Waals surface area (Å²) in [5, 5.41) is 0.497. The van der Waals surface area contributed by atoms with Crippen LogP contribution in [0.1, 0.15) is 26.3 Å². The van der Waals surface area contributed by atoms with Crippen LogP contribution in [-0.4, -0.2) is 24.7 Å². The number of hydrogen-bond donors (Lipinski definition) is 1. The lowest BCUT2D eigenvalue weighted by Gasteiger charge is -2.22. The summed E-state index contributed by atoms with van der Waals surface area (Å²) in [5.74, 6) is 0.177. The van der Waals surface area contributed by atoms with E-state index in [2.05, 4.69) is 0 Å². The lowest BCUT2D eigenvalue weighted by molar-refractivity contribution is -0.156. The zero-order valence-electron chi connectivity index (χ0n) is 11.7. The molecule has 1 aromatic rings. The van der Waals surface area contributed by atoms with Gasteiger partial charge in [0.25, 0.3) is 0 Å². The molecule has 0 aromatic heterocycles. The highest BCUT2D eigenvalue weighted by Gasteiger charge is 2.22. The SMILES string of the molecule is COc1ccc(C[C@@H](N)C(=O)OC(C)(C)C)cc1Cl. The summed E-state index contributed by atoms with van der Waals surface area (Å²) < 4.78 is 10.3. The average molecular weight is 286 g/mol. The molecule has 0 saturated carbocycles. The Morgan fingerprint density at radius 1 is 1.42 bits per heavy atom. The fraction of sp³-hybridized carbons (Fsp3) is 0.500. The zero-order valence-corrected chi connectivity index (χ0v) is 12.5. The van der Waals surface area contributed by atoms with Gasteiger partial charge in [0.05, 0.1) is 12.1 Å². The Bertz CT molecular complexity index is 454. The van der Waals surface area contributed by atoms with Gasteiger partial charge in [-0.05, 0) is 44.9 Å². The lowest BCUT2D eigenvalue weighted by Crippen LogP contribution is -2.38. The van der Waals surface area contributed by atoms with Gasteiger partial charge in [0.2, 0.25) is 0 Å². The second-order valence-corrected chi connectivity index (χ2v) is 5.72. The van der Waals surface area contributed by atoms with E-state index in [1.165, 1.54) is 0 Å². The molecular formula is C14H20ClNO3. The maximum atomic E-state index is 11.8. The summed E-state index contributed by atoms with van der Waals surface area (Å²) in [5.41, 5.74) is 6.16. The first-order chi connectivity index (χ1) is 8.73. The molecule has 19 heavy (non-hydrogen) atoms. The molecule has 0 aliphatic heterocycles. The number of esters is 1. The molecule has 0 unspecified atom stereocenters. The normalized spacial score (nSPS) is 12.9. The van der Waals surface area contributed by atoms with Crippen LogP contribution in [0.3, 0.4) is 0 Å². The molecule has 0 radical (unpaired) electrons. The van der Waals surface area contributed by atoms with Crippen LogP contribution in [0.4, 0.5) is 0 Å². The lowest BCUT2D eigenvalue weighted by atomic mass is 10.1. The van der Waals surface area contributed by atoms with Crippen molar-refractivity contribution in [1.82, 2.24) is 0 Å². The zero-order chi connectivity index (χ0) is 14.6. The van der Waals surface area contributed by atoms with Crippen molar-refractivity contribution in [2.75, 3.05) is 7.11 Å². The summed E-state index contributed by atoms with van der Waals surface area (Å²) in [4.78, 5) is 11.8. The van der Waals surface area contributed by atoms with Gasteiger partial charge in [-0.3, -0.25) is 4.79 Å².